The summed E-state index contributed by atoms with van der Waals surface area (Å²) in [5.74, 6) is 1.65. The van der Waals surface area contributed by atoms with Crippen LogP contribution in [-0.2, 0) is 6.42 Å². The fraction of sp³-hybridized carbons (Fsp3) is 0.387. The topological polar surface area (TPSA) is 79.7 Å². The van der Waals surface area contributed by atoms with E-state index in [1.807, 2.05) is 55.5 Å². The zero-order chi connectivity index (χ0) is 27.7. The largest absolute Gasteiger partial charge is 0.511 e. The quantitative estimate of drug-likeness (QED) is 0.206. The number of aryl methyl sites for hydroxylation is 1. The Hall–Kier alpha value is -3.42. The van der Waals surface area contributed by atoms with E-state index in [2.05, 4.69) is 24.2 Å². The van der Waals surface area contributed by atoms with E-state index in [0.717, 1.165) is 55.5 Å². The molecule has 1 aromatic heterocycles. The van der Waals surface area contributed by atoms with Gasteiger partial charge in [-0.25, -0.2) is 19.1 Å². The van der Waals surface area contributed by atoms with Gasteiger partial charge in [0.15, 0.2) is 0 Å². The van der Waals surface area contributed by atoms with Crippen LogP contribution in [0.3, 0.4) is 0 Å². The van der Waals surface area contributed by atoms with Crippen molar-refractivity contribution in [1.29, 1.82) is 0 Å². The van der Waals surface area contributed by atoms with Gasteiger partial charge in [-0.1, -0.05) is 29.8 Å². The summed E-state index contributed by atoms with van der Waals surface area (Å²) in [5.41, 5.74) is 3.94. The van der Waals surface area contributed by atoms with E-state index < -0.39 is 6.16 Å². The van der Waals surface area contributed by atoms with Crippen molar-refractivity contribution in [2.75, 3.05) is 26.0 Å². The lowest BCUT2D eigenvalue weighted by molar-refractivity contribution is -0.887. The Balaban J connectivity index is 1.49. The molecule has 1 amide bonds. The van der Waals surface area contributed by atoms with E-state index in [4.69, 9.17) is 16.3 Å². The highest BCUT2D eigenvalue weighted by Crippen LogP contribution is 2.48. The summed E-state index contributed by atoms with van der Waals surface area (Å²) in [6.45, 7) is 0. The number of halogens is 1. The van der Waals surface area contributed by atoms with Crippen molar-refractivity contribution in [2.45, 2.75) is 56.5 Å². The van der Waals surface area contributed by atoms with Crippen molar-refractivity contribution in [3.8, 4) is 5.75 Å². The second-order valence-corrected chi connectivity index (χ2v) is 11.5. The first-order valence-corrected chi connectivity index (χ1v) is 13.9. The molecule has 0 radical (unpaired) electrons. The lowest BCUT2D eigenvalue weighted by Crippen LogP contribution is -2.58. The van der Waals surface area contributed by atoms with Gasteiger partial charge in [0, 0.05) is 45.1 Å². The van der Waals surface area contributed by atoms with Crippen LogP contribution >= 0.6 is 11.6 Å². The Morgan fingerprint density at radius 2 is 1.77 bits per heavy atom. The number of rotatable bonds is 6. The smallest absolute Gasteiger partial charge is 0.449 e. The molecule has 1 unspecified atom stereocenters. The summed E-state index contributed by atoms with van der Waals surface area (Å²) < 4.78 is 5.20. The number of fused-ring (bicyclic) bond motifs is 1. The molecule has 1 N–H and O–H groups in total. The maximum Gasteiger partial charge on any atom is 0.511 e. The van der Waals surface area contributed by atoms with Gasteiger partial charge in [-0.15, -0.1) is 0 Å². The SMILES string of the molecule is CN(C)c1cc(C2CCC([N+](C)(C(=O)c3ccccc3Cl)[C@@H]3CCc4ccc(OC(=O)O)cc43)CC2)ccn1. The Labute approximate surface area is 234 Å². The third-order valence-corrected chi connectivity index (χ3v) is 9.04. The summed E-state index contributed by atoms with van der Waals surface area (Å²) in [7, 11) is 6.05. The minimum atomic E-state index is -1.35. The number of quaternary nitrogens is 1. The number of nitrogens with zero attached hydrogens (tertiary/aromatic N) is 3. The average Bonchev–Trinajstić information content (AvgIpc) is 3.36. The van der Waals surface area contributed by atoms with Gasteiger partial charge in [0.1, 0.15) is 17.6 Å². The first-order chi connectivity index (χ1) is 18.7. The highest BCUT2D eigenvalue weighted by atomic mass is 35.5. The molecule has 3 aromatic rings. The van der Waals surface area contributed by atoms with E-state index >= 15 is 0 Å². The van der Waals surface area contributed by atoms with Crippen LogP contribution < -0.4 is 9.64 Å². The average molecular weight is 549 g/mol. The molecule has 0 saturated heterocycles. The highest BCUT2D eigenvalue weighted by Gasteiger charge is 2.51. The Bertz CT molecular complexity index is 1390. The van der Waals surface area contributed by atoms with Crippen molar-refractivity contribution >= 4 is 29.5 Å². The predicted molar refractivity (Wildman–Crippen MR) is 152 cm³/mol. The second-order valence-electron chi connectivity index (χ2n) is 11.1. The zero-order valence-corrected chi connectivity index (χ0v) is 23.4. The number of pyridine rings is 1. The number of anilines is 1. The number of carbonyl (C=O) groups excluding carboxylic acids is 1. The van der Waals surface area contributed by atoms with Crippen LogP contribution in [0.25, 0.3) is 0 Å². The molecule has 5 rings (SSSR count). The molecule has 0 aliphatic heterocycles. The summed E-state index contributed by atoms with van der Waals surface area (Å²) in [6, 6.07) is 17.0. The predicted octanol–water partition coefficient (Wildman–Crippen LogP) is 6.86. The molecule has 0 bridgehead atoms. The number of aromatic nitrogens is 1. The van der Waals surface area contributed by atoms with E-state index in [1.165, 1.54) is 5.56 Å². The van der Waals surface area contributed by atoms with Crippen LogP contribution in [0.15, 0.2) is 60.8 Å². The number of ether oxygens (including phenoxy) is 1. The van der Waals surface area contributed by atoms with E-state index in [1.54, 1.807) is 12.1 Å². The van der Waals surface area contributed by atoms with Crippen molar-refractivity contribution in [3.63, 3.8) is 0 Å². The fourth-order valence-corrected chi connectivity index (χ4v) is 6.83. The summed E-state index contributed by atoms with van der Waals surface area (Å²) >= 11 is 6.57. The van der Waals surface area contributed by atoms with Crippen LogP contribution in [0.2, 0.25) is 5.02 Å². The number of carboxylic acid groups (broad SMARTS) is 1. The monoisotopic (exact) mass is 548 g/mol. The molecule has 1 fully saturated rings. The van der Waals surface area contributed by atoms with Crippen molar-refractivity contribution < 1.29 is 23.9 Å². The van der Waals surface area contributed by atoms with Crippen LogP contribution in [-0.4, -0.2) is 53.8 Å². The Morgan fingerprint density at radius 3 is 2.46 bits per heavy atom. The van der Waals surface area contributed by atoms with Gasteiger partial charge in [-0.2, -0.15) is 0 Å². The molecule has 7 nitrogen and oxygen atoms in total. The fourth-order valence-electron chi connectivity index (χ4n) is 6.61. The summed E-state index contributed by atoms with van der Waals surface area (Å²) in [5, 5.41) is 9.63. The van der Waals surface area contributed by atoms with Gasteiger partial charge in [-0.05, 0) is 72.7 Å². The molecule has 1 heterocycles. The van der Waals surface area contributed by atoms with Gasteiger partial charge < -0.3 is 14.7 Å². The molecule has 204 valence electrons. The molecule has 0 spiro atoms. The van der Waals surface area contributed by atoms with Gasteiger partial charge in [0.2, 0.25) is 0 Å². The molecule has 8 heteroatoms. The van der Waals surface area contributed by atoms with Crippen LogP contribution in [0, 0.1) is 0 Å². The Morgan fingerprint density at radius 1 is 1.03 bits per heavy atom. The highest BCUT2D eigenvalue weighted by molar-refractivity contribution is 6.33. The molecule has 2 aliphatic rings. The standard InChI is InChI=1S/C31H34ClN3O4/c1-34(2)29-18-22(16-17-33-29)20-8-12-23(13-9-20)35(3,30(36)25-6-4-5-7-27(25)32)28-15-11-21-10-14-24(19-26(21)28)39-31(37)38/h4-7,10,14,16-20,23,28H,8-9,11-13,15H2,1-3H3/p+1/t20?,23?,28-,35?/m1/s1. The minimum absolute atomic E-state index is 0.00487. The van der Waals surface area contributed by atoms with Crippen LogP contribution in [0.4, 0.5) is 10.6 Å². The maximum absolute atomic E-state index is 14.5. The first-order valence-electron chi connectivity index (χ1n) is 13.5. The van der Waals surface area contributed by atoms with Gasteiger partial charge in [-0.3, -0.25) is 0 Å². The third-order valence-electron chi connectivity index (χ3n) is 8.71. The molecular weight excluding hydrogens is 514 g/mol. The van der Waals surface area contributed by atoms with Gasteiger partial charge in [0.25, 0.3) is 0 Å². The molecule has 1 saturated carbocycles. The third kappa shape index (κ3) is 5.25. The van der Waals surface area contributed by atoms with E-state index in [0.29, 0.717) is 16.5 Å². The molecule has 2 atom stereocenters. The first kappa shape index (κ1) is 27.2. The lowest BCUT2D eigenvalue weighted by atomic mass is 9.79. The van der Waals surface area contributed by atoms with E-state index in [-0.39, 0.29) is 28.2 Å². The molecular formula is C31H35ClN3O4+. The van der Waals surface area contributed by atoms with Gasteiger partial charge >= 0.3 is 12.1 Å². The van der Waals surface area contributed by atoms with E-state index in [9.17, 15) is 14.7 Å². The van der Waals surface area contributed by atoms with Crippen molar-refractivity contribution in [1.82, 2.24) is 4.98 Å². The Kier molecular flexibility index (Phi) is 7.65. The summed E-state index contributed by atoms with van der Waals surface area (Å²) in [6.07, 6.45) is 5.92. The van der Waals surface area contributed by atoms with Gasteiger partial charge in [0.05, 0.1) is 23.7 Å². The van der Waals surface area contributed by atoms with Crippen LogP contribution in [0.1, 0.15) is 71.1 Å². The summed E-state index contributed by atoms with van der Waals surface area (Å²) in [4.78, 5) is 32.2. The number of benzene rings is 2. The van der Waals surface area contributed by atoms with Crippen molar-refractivity contribution in [3.05, 3.63) is 88.1 Å². The number of carbonyl (C=O) groups is 2. The number of hydrogen-bond acceptors (Lipinski definition) is 5. The molecule has 2 aromatic carbocycles. The molecule has 39 heavy (non-hydrogen) atoms. The normalized spacial score (nSPS) is 22.0. The van der Waals surface area contributed by atoms with Crippen molar-refractivity contribution in [2.24, 2.45) is 0 Å². The number of hydrogen-bond donors (Lipinski definition) is 1. The second kappa shape index (κ2) is 11.0. The molecule has 2 aliphatic carbocycles. The minimum Gasteiger partial charge on any atom is -0.449 e. The van der Waals surface area contributed by atoms with Crippen LogP contribution in [0.5, 0.6) is 5.75 Å². The zero-order valence-electron chi connectivity index (χ0n) is 22.6. The maximum atomic E-state index is 14.5. The number of amides is 1. The lowest BCUT2D eigenvalue weighted by Gasteiger charge is -2.46.